The van der Waals surface area contributed by atoms with Crippen LogP contribution in [-0.2, 0) is 0 Å². The van der Waals surface area contributed by atoms with Crippen molar-refractivity contribution in [1.29, 1.82) is 10.5 Å². The van der Waals surface area contributed by atoms with Gasteiger partial charge in [0.25, 0.3) is 0 Å². The molecule has 0 unspecified atom stereocenters. The summed E-state index contributed by atoms with van der Waals surface area (Å²) >= 11 is 5.87. The molecule has 0 saturated carbocycles. The molecule has 4 nitrogen and oxygen atoms in total. The molecule has 1 rings (SSSR count). The lowest BCUT2D eigenvalue weighted by molar-refractivity contribution is 0.0976. The van der Waals surface area contributed by atoms with Crippen LogP contribution in [0, 0.1) is 28.6 Å². The molecular weight excluding hydrogens is 240 g/mol. The number of hydrogen-bond donors (Lipinski definition) is 0. The Bertz CT molecular complexity index is 500. The van der Waals surface area contributed by atoms with Crippen LogP contribution >= 0.6 is 11.6 Å². The Kier molecular flexibility index (Phi) is 4.51. The van der Waals surface area contributed by atoms with E-state index >= 15 is 0 Å². The van der Waals surface area contributed by atoms with Gasteiger partial charge in [0.1, 0.15) is 11.7 Å². The van der Waals surface area contributed by atoms with Gasteiger partial charge in [0.05, 0.1) is 24.3 Å². The summed E-state index contributed by atoms with van der Waals surface area (Å²) in [6.45, 7) is 0. The van der Waals surface area contributed by atoms with Crippen molar-refractivity contribution in [2.24, 2.45) is 5.92 Å². The van der Waals surface area contributed by atoms with Gasteiger partial charge in [-0.05, 0) is 18.2 Å². The molecule has 0 aliphatic carbocycles. The summed E-state index contributed by atoms with van der Waals surface area (Å²) in [6, 6.07) is 8.09. The highest BCUT2D eigenvalue weighted by Crippen LogP contribution is 2.25. The average Bonchev–Trinajstić information content (AvgIpc) is 2.35. The normalized spacial score (nSPS) is 9.47. The predicted octanol–water partition coefficient (Wildman–Crippen LogP) is 2.58. The standard InChI is InChI=1S/C12H9ClN2O2/c1-17-12-3-2-9(5-10(12)13)11(16)4-8(6-14)7-15/h2-3,5,8H,4H2,1H3. The van der Waals surface area contributed by atoms with Crippen molar-refractivity contribution in [2.45, 2.75) is 6.42 Å². The molecule has 0 aliphatic rings. The molecular formula is C12H9ClN2O2. The molecule has 0 spiro atoms. The summed E-state index contributed by atoms with van der Waals surface area (Å²) in [4.78, 5) is 11.7. The van der Waals surface area contributed by atoms with Gasteiger partial charge in [-0.15, -0.1) is 0 Å². The van der Waals surface area contributed by atoms with Crippen molar-refractivity contribution in [3.8, 4) is 17.9 Å². The van der Waals surface area contributed by atoms with E-state index < -0.39 is 5.92 Å². The number of rotatable bonds is 4. The number of hydrogen-bond acceptors (Lipinski definition) is 4. The second kappa shape index (κ2) is 5.89. The van der Waals surface area contributed by atoms with Crippen LogP contribution in [0.4, 0.5) is 0 Å². The van der Waals surface area contributed by atoms with Gasteiger partial charge in [0.2, 0.25) is 0 Å². The van der Waals surface area contributed by atoms with Gasteiger partial charge >= 0.3 is 0 Å². The van der Waals surface area contributed by atoms with Crippen molar-refractivity contribution in [1.82, 2.24) is 0 Å². The monoisotopic (exact) mass is 248 g/mol. The first kappa shape index (κ1) is 13.0. The lowest BCUT2D eigenvalue weighted by Crippen LogP contribution is -2.05. The molecule has 0 aliphatic heterocycles. The number of methoxy groups -OCH3 is 1. The summed E-state index contributed by atoms with van der Waals surface area (Å²) in [6.07, 6.45) is -0.129. The van der Waals surface area contributed by atoms with Crippen LogP contribution in [0.15, 0.2) is 18.2 Å². The first-order valence-corrected chi connectivity index (χ1v) is 5.16. The quantitative estimate of drug-likeness (QED) is 0.768. The van der Waals surface area contributed by atoms with E-state index in [2.05, 4.69) is 0 Å². The molecule has 0 N–H and O–H groups in total. The Morgan fingerprint density at radius 3 is 2.59 bits per heavy atom. The third-order valence-electron chi connectivity index (χ3n) is 2.17. The van der Waals surface area contributed by atoms with Crippen molar-refractivity contribution in [3.63, 3.8) is 0 Å². The fraction of sp³-hybridized carbons (Fsp3) is 0.250. The largest absolute Gasteiger partial charge is 0.495 e. The van der Waals surface area contributed by atoms with E-state index in [1.165, 1.54) is 13.2 Å². The van der Waals surface area contributed by atoms with E-state index in [4.69, 9.17) is 26.9 Å². The highest BCUT2D eigenvalue weighted by atomic mass is 35.5. The lowest BCUT2D eigenvalue weighted by Gasteiger charge is -2.05. The van der Waals surface area contributed by atoms with Gasteiger partial charge in [0, 0.05) is 12.0 Å². The molecule has 1 aromatic carbocycles. The Morgan fingerprint density at radius 2 is 2.12 bits per heavy atom. The molecule has 0 aromatic heterocycles. The van der Waals surface area contributed by atoms with Crippen molar-refractivity contribution >= 4 is 17.4 Å². The second-order valence-electron chi connectivity index (χ2n) is 3.29. The SMILES string of the molecule is COc1ccc(C(=O)CC(C#N)C#N)cc1Cl. The second-order valence-corrected chi connectivity index (χ2v) is 3.69. The number of nitrogens with zero attached hydrogens (tertiary/aromatic N) is 2. The maximum atomic E-state index is 11.7. The maximum Gasteiger partial charge on any atom is 0.165 e. The molecule has 0 saturated heterocycles. The number of halogens is 1. The molecule has 0 bridgehead atoms. The van der Waals surface area contributed by atoms with E-state index in [-0.39, 0.29) is 12.2 Å². The summed E-state index contributed by atoms with van der Waals surface area (Å²) in [5, 5.41) is 17.5. The predicted molar refractivity (Wildman–Crippen MR) is 61.7 cm³/mol. The Labute approximate surface area is 104 Å². The summed E-state index contributed by atoms with van der Waals surface area (Å²) in [5.41, 5.74) is 0.367. The highest BCUT2D eigenvalue weighted by Gasteiger charge is 2.15. The van der Waals surface area contributed by atoms with Crippen molar-refractivity contribution in [3.05, 3.63) is 28.8 Å². The minimum absolute atomic E-state index is 0.129. The van der Waals surface area contributed by atoms with E-state index in [1.807, 2.05) is 0 Å². The number of carbonyl (C=O) groups excluding carboxylic acids is 1. The minimum Gasteiger partial charge on any atom is -0.495 e. The zero-order valence-corrected chi connectivity index (χ0v) is 9.86. The van der Waals surface area contributed by atoms with Crippen LogP contribution in [-0.4, -0.2) is 12.9 Å². The van der Waals surface area contributed by atoms with Gasteiger partial charge in [-0.1, -0.05) is 11.6 Å². The fourth-order valence-electron chi connectivity index (χ4n) is 1.26. The van der Waals surface area contributed by atoms with Gasteiger partial charge in [-0.3, -0.25) is 4.79 Å². The van der Waals surface area contributed by atoms with Gasteiger partial charge in [-0.25, -0.2) is 0 Å². The van der Waals surface area contributed by atoms with Crippen LogP contribution in [0.2, 0.25) is 5.02 Å². The Morgan fingerprint density at radius 1 is 1.47 bits per heavy atom. The van der Waals surface area contributed by atoms with Crippen LogP contribution in [0.1, 0.15) is 16.8 Å². The number of ether oxygens (including phenoxy) is 1. The van der Waals surface area contributed by atoms with E-state index in [0.717, 1.165) is 0 Å². The average molecular weight is 249 g/mol. The molecule has 5 heteroatoms. The molecule has 0 radical (unpaired) electrons. The van der Waals surface area contributed by atoms with Crippen LogP contribution < -0.4 is 4.74 Å². The molecule has 1 aromatic rings. The van der Waals surface area contributed by atoms with Crippen molar-refractivity contribution in [2.75, 3.05) is 7.11 Å². The summed E-state index contributed by atoms with van der Waals surface area (Å²) in [5.74, 6) is -0.744. The summed E-state index contributed by atoms with van der Waals surface area (Å²) in [7, 11) is 1.48. The third-order valence-corrected chi connectivity index (χ3v) is 2.47. The topological polar surface area (TPSA) is 73.9 Å². The first-order chi connectivity index (χ1) is 8.12. The van der Waals surface area contributed by atoms with Gasteiger partial charge < -0.3 is 4.74 Å². The maximum absolute atomic E-state index is 11.7. The number of nitriles is 2. The smallest absolute Gasteiger partial charge is 0.165 e. The van der Waals surface area contributed by atoms with E-state index in [0.29, 0.717) is 16.3 Å². The van der Waals surface area contributed by atoms with Crippen molar-refractivity contribution < 1.29 is 9.53 Å². The molecule has 0 fully saturated rings. The Balaban J connectivity index is 2.88. The fourth-order valence-corrected chi connectivity index (χ4v) is 1.52. The highest BCUT2D eigenvalue weighted by molar-refractivity contribution is 6.32. The van der Waals surface area contributed by atoms with Crippen LogP contribution in [0.25, 0.3) is 0 Å². The van der Waals surface area contributed by atoms with Crippen LogP contribution in [0.5, 0.6) is 5.75 Å². The molecule has 17 heavy (non-hydrogen) atoms. The third kappa shape index (κ3) is 3.21. The van der Waals surface area contributed by atoms with E-state index in [9.17, 15) is 4.79 Å². The number of benzene rings is 1. The minimum atomic E-state index is -0.927. The number of Topliss-reactive ketones (excluding diaryl/α,β-unsaturated/α-hetero) is 1. The molecule has 0 atom stereocenters. The molecule has 0 heterocycles. The van der Waals surface area contributed by atoms with Gasteiger partial charge in [-0.2, -0.15) is 10.5 Å². The Hall–Kier alpha value is -2.04. The van der Waals surface area contributed by atoms with Crippen LogP contribution in [0.3, 0.4) is 0 Å². The summed E-state index contributed by atoms with van der Waals surface area (Å²) < 4.78 is 4.96. The number of ketones is 1. The number of carbonyl (C=O) groups is 1. The van der Waals surface area contributed by atoms with E-state index in [1.54, 1.807) is 24.3 Å². The molecule has 0 amide bonds. The zero-order chi connectivity index (χ0) is 12.8. The first-order valence-electron chi connectivity index (χ1n) is 4.78. The lowest BCUT2D eigenvalue weighted by atomic mass is 10.0. The molecule has 86 valence electrons. The zero-order valence-electron chi connectivity index (χ0n) is 9.11. The van der Waals surface area contributed by atoms with Gasteiger partial charge in [0.15, 0.2) is 5.78 Å².